The molecule has 9 heteroatoms. The second kappa shape index (κ2) is 8.90. The molecular formula is C25H26N4O4S. The van der Waals surface area contributed by atoms with Gasteiger partial charge in [-0.3, -0.25) is 0 Å². The van der Waals surface area contributed by atoms with E-state index in [9.17, 15) is 13.2 Å². The number of aromatic nitrogens is 3. The van der Waals surface area contributed by atoms with E-state index >= 15 is 0 Å². The van der Waals surface area contributed by atoms with Crippen molar-refractivity contribution in [1.82, 2.24) is 19.3 Å². The van der Waals surface area contributed by atoms with Crippen LogP contribution in [-0.4, -0.2) is 34.1 Å². The monoisotopic (exact) mass is 478 g/mol. The summed E-state index contributed by atoms with van der Waals surface area (Å²) in [6, 6.07) is 15.9. The number of ether oxygens (including phenoxy) is 1. The molecule has 2 aromatic heterocycles. The molecule has 1 N–H and O–H groups in total. The van der Waals surface area contributed by atoms with Crippen molar-refractivity contribution in [1.29, 1.82) is 0 Å². The molecule has 0 radical (unpaired) electrons. The zero-order valence-corrected chi connectivity index (χ0v) is 20.3. The Labute approximate surface area is 198 Å². The molecule has 0 unspecified atom stereocenters. The maximum atomic E-state index is 13.2. The summed E-state index contributed by atoms with van der Waals surface area (Å²) in [7, 11) is -3.80. The van der Waals surface area contributed by atoms with Crippen LogP contribution in [0.4, 0.5) is 4.79 Å². The smallest absolute Gasteiger partial charge is 0.407 e. The number of rotatable bonds is 5. The van der Waals surface area contributed by atoms with Crippen LogP contribution in [-0.2, 0) is 21.3 Å². The first-order chi connectivity index (χ1) is 16.0. The molecule has 4 aromatic rings. The van der Waals surface area contributed by atoms with E-state index in [1.165, 1.54) is 16.5 Å². The Morgan fingerprint density at radius 3 is 2.32 bits per heavy atom. The molecule has 0 spiro atoms. The molecule has 34 heavy (non-hydrogen) atoms. The van der Waals surface area contributed by atoms with Gasteiger partial charge in [0.25, 0.3) is 10.0 Å². The Balaban J connectivity index is 1.59. The molecule has 8 nitrogen and oxygen atoms in total. The number of nitrogens with one attached hydrogen (secondary N) is 1. The molecule has 4 rings (SSSR count). The van der Waals surface area contributed by atoms with Crippen LogP contribution in [0, 0.1) is 6.92 Å². The highest BCUT2D eigenvalue weighted by atomic mass is 32.2. The summed E-state index contributed by atoms with van der Waals surface area (Å²) < 4.78 is 32.8. The quantitative estimate of drug-likeness (QED) is 0.447. The molecule has 0 atom stereocenters. The van der Waals surface area contributed by atoms with Crippen LogP contribution < -0.4 is 5.32 Å². The molecular weight excluding hydrogens is 452 g/mol. The third-order valence-corrected chi connectivity index (χ3v) is 6.77. The summed E-state index contributed by atoms with van der Waals surface area (Å²) >= 11 is 0. The summed E-state index contributed by atoms with van der Waals surface area (Å²) in [5, 5.41) is 3.35. The molecule has 2 heterocycles. The van der Waals surface area contributed by atoms with Gasteiger partial charge in [0.05, 0.1) is 10.6 Å². The molecule has 0 aliphatic carbocycles. The van der Waals surface area contributed by atoms with Gasteiger partial charge in [-0.1, -0.05) is 42.0 Å². The lowest BCUT2D eigenvalue weighted by Crippen LogP contribution is -2.32. The first-order valence-corrected chi connectivity index (χ1v) is 12.2. The number of benzene rings is 2. The maximum absolute atomic E-state index is 13.2. The third-order valence-electron chi connectivity index (χ3n) is 5.09. The highest BCUT2D eigenvalue weighted by Crippen LogP contribution is 2.28. The number of hydrogen-bond donors (Lipinski definition) is 1. The maximum Gasteiger partial charge on any atom is 0.407 e. The largest absolute Gasteiger partial charge is 0.444 e. The number of amides is 1. The van der Waals surface area contributed by atoms with Gasteiger partial charge < -0.3 is 10.1 Å². The summed E-state index contributed by atoms with van der Waals surface area (Å²) in [5.41, 5.74) is 3.04. The molecule has 2 aromatic carbocycles. The molecule has 1 amide bonds. The van der Waals surface area contributed by atoms with Gasteiger partial charge in [-0.05, 0) is 51.5 Å². The van der Waals surface area contributed by atoms with Crippen molar-refractivity contribution < 1.29 is 17.9 Å². The second-order valence-electron chi connectivity index (χ2n) is 8.94. The van der Waals surface area contributed by atoms with Gasteiger partial charge in [0.1, 0.15) is 11.9 Å². The lowest BCUT2D eigenvalue weighted by atomic mass is 10.1. The van der Waals surface area contributed by atoms with E-state index in [1.807, 2.05) is 52.0 Å². The SMILES string of the molecule is Cc1ccc(S(=O)(=O)n2ccc3c(-c4ccc(CNC(=O)OC(C)(C)C)cc4)ncnc32)cc1. The van der Waals surface area contributed by atoms with E-state index in [0.717, 1.165) is 16.7 Å². The predicted octanol–water partition coefficient (Wildman–Crippen LogP) is 4.67. The molecule has 0 saturated carbocycles. The Bertz CT molecular complexity index is 1440. The number of alkyl carbamates (subject to hydrolysis) is 1. The first kappa shape index (κ1) is 23.4. The van der Waals surface area contributed by atoms with Gasteiger partial charge in [0.15, 0.2) is 5.65 Å². The van der Waals surface area contributed by atoms with Gasteiger partial charge in [-0.2, -0.15) is 0 Å². The standard InChI is InChI=1S/C25H26N4O4S/c1-17-5-11-20(12-6-17)34(31,32)29-14-13-21-22(27-16-28-23(21)29)19-9-7-18(8-10-19)15-26-24(30)33-25(2,3)4/h5-14,16H,15H2,1-4H3,(H,26,30). The summed E-state index contributed by atoms with van der Waals surface area (Å²) in [4.78, 5) is 20.7. The van der Waals surface area contributed by atoms with Crippen LogP contribution in [0.2, 0.25) is 0 Å². The van der Waals surface area contributed by atoms with E-state index in [2.05, 4.69) is 15.3 Å². The lowest BCUT2D eigenvalue weighted by molar-refractivity contribution is 0.0523. The van der Waals surface area contributed by atoms with E-state index in [4.69, 9.17) is 4.74 Å². The summed E-state index contributed by atoms with van der Waals surface area (Å²) in [6.07, 6.45) is 2.37. The minimum atomic E-state index is -3.80. The van der Waals surface area contributed by atoms with Crippen LogP contribution in [0.3, 0.4) is 0 Å². The fourth-order valence-corrected chi connectivity index (χ4v) is 4.75. The number of carbonyl (C=O) groups is 1. The van der Waals surface area contributed by atoms with Gasteiger partial charge in [-0.15, -0.1) is 0 Å². The van der Waals surface area contributed by atoms with Crippen molar-refractivity contribution in [2.24, 2.45) is 0 Å². The normalized spacial score (nSPS) is 12.0. The highest BCUT2D eigenvalue weighted by Gasteiger charge is 2.21. The second-order valence-corrected chi connectivity index (χ2v) is 10.8. The van der Waals surface area contributed by atoms with Crippen molar-refractivity contribution in [2.75, 3.05) is 0 Å². The van der Waals surface area contributed by atoms with Gasteiger partial charge in [0.2, 0.25) is 0 Å². The minimum Gasteiger partial charge on any atom is -0.444 e. The van der Waals surface area contributed by atoms with Gasteiger partial charge in [-0.25, -0.2) is 27.2 Å². The van der Waals surface area contributed by atoms with Crippen LogP contribution in [0.15, 0.2) is 72.0 Å². The number of aryl methyl sites for hydroxylation is 1. The third kappa shape index (κ3) is 4.94. The highest BCUT2D eigenvalue weighted by molar-refractivity contribution is 7.90. The molecule has 176 valence electrons. The molecule has 0 saturated heterocycles. The molecule has 0 aliphatic heterocycles. The summed E-state index contributed by atoms with van der Waals surface area (Å²) in [5.74, 6) is 0. The molecule has 0 fully saturated rings. The van der Waals surface area contributed by atoms with Crippen LogP contribution >= 0.6 is 0 Å². The topological polar surface area (TPSA) is 103 Å². The Morgan fingerprint density at radius 2 is 1.68 bits per heavy atom. The zero-order chi connectivity index (χ0) is 24.5. The van der Waals surface area contributed by atoms with Crippen LogP contribution in [0.1, 0.15) is 31.9 Å². The van der Waals surface area contributed by atoms with Crippen molar-refractivity contribution in [3.8, 4) is 11.3 Å². The van der Waals surface area contributed by atoms with E-state index < -0.39 is 21.7 Å². The predicted molar refractivity (Wildman–Crippen MR) is 130 cm³/mol. The fourth-order valence-electron chi connectivity index (χ4n) is 3.44. The first-order valence-electron chi connectivity index (χ1n) is 10.7. The number of nitrogens with zero attached hydrogens (tertiary/aromatic N) is 3. The number of fused-ring (bicyclic) bond motifs is 1. The van der Waals surface area contributed by atoms with Crippen LogP contribution in [0.25, 0.3) is 22.3 Å². The van der Waals surface area contributed by atoms with Crippen molar-refractivity contribution in [3.05, 3.63) is 78.2 Å². The van der Waals surface area contributed by atoms with E-state index in [0.29, 0.717) is 23.3 Å². The summed E-state index contributed by atoms with van der Waals surface area (Å²) in [6.45, 7) is 7.65. The fraction of sp³-hybridized carbons (Fsp3) is 0.240. The Kier molecular flexibility index (Phi) is 6.14. The lowest BCUT2D eigenvalue weighted by Gasteiger charge is -2.19. The number of carbonyl (C=O) groups excluding carboxylic acids is 1. The van der Waals surface area contributed by atoms with E-state index in [-0.39, 0.29) is 4.90 Å². The van der Waals surface area contributed by atoms with E-state index in [1.54, 1.807) is 30.3 Å². The molecule has 0 bridgehead atoms. The Morgan fingerprint density at radius 1 is 1.00 bits per heavy atom. The van der Waals surface area contributed by atoms with Crippen LogP contribution in [0.5, 0.6) is 0 Å². The molecule has 0 aliphatic rings. The number of hydrogen-bond acceptors (Lipinski definition) is 6. The average molecular weight is 479 g/mol. The van der Waals surface area contributed by atoms with Crippen molar-refractivity contribution >= 4 is 27.1 Å². The van der Waals surface area contributed by atoms with Gasteiger partial charge in [0, 0.05) is 23.7 Å². The van der Waals surface area contributed by atoms with Crippen molar-refractivity contribution in [3.63, 3.8) is 0 Å². The van der Waals surface area contributed by atoms with Crippen molar-refractivity contribution in [2.45, 2.75) is 44.7 Å². The zero-order valence-electron chi connectivity index (χ0n) is 19.4. The van der Waals surface area contributed by atoms with Gasteiger partial charge >= 0.3 is 6.09 Å². The average Bonchev–Trinajstić information content (AvgIpc) is 3.22. The minimum absolute atomic E-state index is 0.192. The Hall–Kier alpha value is -3.72.